The lowest BCUT2D eigenvalue weighted by molar-refractivity contribution is -0.139. The number of aryl methyl sites for hydroxylation is 2. The largest absolute Gasteiger partial charge is 0.482 e. The number of hydrogen-bond donors (Lipinski definition) is 1. The number of carbonyl (C=O) groups is 1. The van der Waals surface area contributed by atoms with Crippen LogP contribution < -0.4 is 4.74 Å². The van der Waals surface area contributed by atoms with Gasteiger partial charge < -0.3 is 14.3 Å². The summed E-state index contributed by atoms with van der Waals surface area (Å²) in [6.45, 7) is 6.55. The molecular weight excluding hydrogens is 378 g/mol. The zero-order valence-electron chi connectivity index (χ0n) is 17.5. The summed E-state index contributed by atoms with van der Waals surface area (Å²) in [7, 11) is 0. The molecule has 1 N–H and O–H groups in total. The smallest absolute Gasteiger partial charge is 0.341 e. The van der Waals surface area contributed by atoms with Crippen LogP contribution in [-0.4, -0.2) is 35.7 Å². The van der Waals surface area contributed by atoms with E-state index in [0.29, 0.717) is 5.75 Å². The first kappa shape index (κ1) is 20.2. The molecule has 5 nitrogen and oxygen atoms in total. The normalized spacial score (nSPS) is 14.2. The molecule has 0 bridgehead atoms. The summed E-state index contributed by atoms with van der Waals surface area (Å²) in [6, 6.07) is 16.4. The molecule has 0 saturated carbocycles. The SMILES string of the molecule is Cc1ccc(-c2cc(C)c(CN3CCc4ccc(OCC(=O)O)cc4CC3)o2)cc1. The first-order chi connectivity index (χ1) is 14.5. The molecule has 5 heteroatoms. The Morgan fingerprint density at radius 2 is 1.77 bits per heavy atom. The molecule has 2 aromatic carbocycles. The number of rotatable bonds is 6. The number of hydrogen-bond acceptors (Lipinski definition) is 4. The highest BCUT2D eigenvalue weighted by molar-refractivity contribution is 5.68. The molecular formula is C25H27NO4. The first-order valence-electron chi connectivity index (χ1n) is 10.3. The molecule has 156 valence electrons. The fourth-order valence-electron chi connectivity index (χ4n) is 3.88. The van der Waals surface area contributed by atoms with Gasteiger partial charge in [-0.1, -0.05) is 35.9 Å². The Kier molecular flexibility index (Phi) is 5.91. The van der Waals surface area contributed by atoms with Crippen molar-refractivity contribution in [2.24, 2.45) is 0 Å². The molecule has 2 heterocycles. The van der Waals surface area contributed by atoms with Crippen LogP contribution >= 0.6 is 0 Å². The van der Waals surface area contributed by atoms with Crippen LogP contribution in [0.3, 0.4) is 0 Å². The summed E-state index contributed by atoms with van der Waals surface area (Å²) in [6.07, 6.45) is 1.86. The van der Waals surface area contributed by atoms with Crippen molar-refractivity contribution in [2.75, 3.05) is 19.7 Å². The molecule has 30 heavy (non-hydrogen) atoms. The third kappa shape index (κ3) is 4.74. The maximum Gasteiger partial charge on any atom is 0.341 e. The Bertz CT molecular complexity index is 1040. The number of nitrogens with zero attached hydrogens (tertiary/aromatic N) is 1. The quantitative estimate of drug-likeness (QED) is 0.648. The van der Waals surface area contributed by atoms with Crippen LogP contribution in [0.25, 0.3) is 11.3 Å². The third-order valence-electron chi connectivity index (χ3n) is 5.66. The molecule has 0 radical (unpaired) electrons. The van der Waals surface area contributed by atoms with E-state index in [0.717, 1.165) is 49.6 Å². The fraction of sp³-hybridized carbons (Fsp3) is 0.320. The fourth-order valence-corrected chi connectivity index (χ4v) is 3.88. The number of fused-ring (bicyclic) bond motifs is 1. The molecule has 0 spiro atoms. The van der Waals surface area contributed by atoms with Crippen molar-refractivity contribution in [2.45, 2.75) is 33.2 Å². The molecule has 0 fully saturated rings. The topological polar surface area (TPSA) is 62.9 Å². The number of benzene rings is 2. The number of furan rings is 1. The molecule has 1 aliphatic rings. The van der Waals surface area contributed by atoms with Gasteiger partial charge in [-0.15, -0.1) is 0 Å². The summed E-state index contributed by atoms with van der Waals surface area (Å²) in [5, 5.41) is 8.80. The van der Waals surface area contributed by atoms with E-state index in [1.165, 1.54) is 22.3 Å². The molecule has 0 unspecified atom stereocenters. The molecule has 1 aliphatic heterocycles. The number of carboxylic acids is 1. The zero-order chi connectivity index (χ0) is 21.1. The highest BCUT2D eigenvalue weighted by Crippen LogP contribution is 2.28. The van der Waals surface area contributed by atoms with E-state index in [1.807, 2.05) is 12.1 Å². The Hall–Kier alpha value is -3.05. The average molecular weight is 405 g/mol. The Morgan fingerprint density at radius 1 is 1.03 bits per heavy atom. The van der Waals surface area contributed by atoms with Crippen molar-refractivity contribution >= 4 is 5.97 Å². The van der Waals surface area contributed by atoms with Gasteiger partial charge in [0.15, 0.2) is 6.61 Å². The number of ether oxygens (including phenoxy) is 1. The maximum absolute atomic E-state index is 10.7. The highest BCUT2D eigenvalue weighted by atomic mass is 16.5. The lowest BCUT2D eigenvalue weighted by Gasteiger charge is -2.18. The second-order valence-corrected chi connectivity index (χ2v) is 7.97. The monoisotopic (exact) mass is 405 g/mol. The maximum atomic E-state index is 10.7. The molecule has 1 aromatic heterocycles. The van der Waals surface area contributed by atoms with Gasteiger partial charge in [0.1, 0.15) is 17.3 Å². The van der Waals surface area contributed by atoms with Gasteiger partial charge in [0.05, 0.1) is 6.54 Å². The van der Waals surface area contributed by atoms with Gasteiger partial charge >= 0.3 is 5.97 Å². The molecule has 3 aromatic rings. The zero-order valence-corrected chi connectivity index (χ0v) is 17.5. The number of carboxylic acid groups (broad SMARTS) is 1. The van der Waals surface area contributed by atoms with E-state index in [4.69, 9.17) is 14.3 Å². The molecule has 0 amide bonds. The van der Waals surface area contributed by atoms with E-state index in [2.05, 4.69) is 55.1 Å². The first-order valence-corrected chi connectivity index (χ1v) is 10.3. The van der Waals surface area contributed by atoms with Gasteiger partial charge in [-0.3, -0.25) is 4.90 Å². The minimum Gasteiger partial charge on any atom is -0.482 e. The van der Waals surface area contributed by atoms with Crippen molar-refractivity contribution in [3.63, 3.8) is 0 Å². The van der Waals surface area contributed by atoms with Crippen molar-refractivity contribution < 1.29 is 19.1 Å². The minimum absolute atomic E-state index is 0.313. The molecule has 4 rings (SSSR count). The van der Waals surface area contributed by atoms with Gasteiger partial charge in [0.25, 0.3) is 0 Å². The van der Waals surface area contributed by atoms with Crippen LogP contribution in [0.2, 0.25) is 0 Å². The van der Waals surface area contributed by atoms with Crippen molar-refractivity contribution in [1.82, 2.24) is 4.90 Å². The second-order valence-electron chi connectivity index (χ2n) is 7.97. The molecule has 0 aliphatic carbocycles. The van der Waals surface area contributed by atoms with Crippen LogP contribution in [0.15, 0.2) is 52.9 Å². The van der Waals surface area contributed by atoms with E-state index < -0.39 is 5.97 Å². The summed E-state index contributed by atoms with van der Waals surface area (Å²) in [4.78, 5) is 13.1. The third-order valence-corrected chi connectivity index (χ3v) is 5.66. The standard InChI is InChI=1S/C25H27NO4/c1-17-3-5-20(6-4-17)23-13-18(2)24(30-23)15-26-11-9-19-7-8-22(29-16-25(27)28)14-21(19)10-12-26/h3-8,13-14H,9-12,15-16H2,1-2H3,(H,27,28). The van der Waals surface area contributed by atoms with Gasteiger partial charge in [-0.25, -0.2) is 4.79 Å². The average Bonchev–Trinajstić information content (AvgIpc) is 2.97. The van der Waals surface area contributed by atoms with Crippen LogP contribution in [0.1, 0.15) is 28.0 Å². The van der Waals surface area contributed by atoms with Crippen molar-refractivity contribution in [3.8, 4) is 17.1 Å². The Balaban J connectivity index is 1.43. The molecule has 0 atom stereocenters. The summed E-state index contributed by atoms with van der Waals surface area (Å²) in [5.74, 6) is 1.59. The summed E-state index contributed by atoms with van der Waals surface area (Å²) in [5.41, 5.74) is 6.06. The predicted molar refractivity (Wildman–Crippen MR) is 116 cm³/mol. The van der Waals surface area contributed by atoms with Crippen LogP contribution in [0.5, 0.6) is 5.75 Å². The van der Waals surface area contributed by atoms with Gasteiger partial charge in [0, 0.05) is 18.7 Å². The highest BCUT2D eigenvalue weighted by Gasteiger charge is 2.18. The second kappa shape index (κ2) is 8.76. The Morgan fingerprint density at radius 3 is 2.50 bits per heavy atom. The minimum atomic E-state index is -0.963. The van der Waals surface area contributed by atoms with E-state index >= 15 is 0 Å². The van der Waals surface area contributed by atoms with Gasteiger partial charge in [-0.05, 0) is 61.6 Å². The van der Waals surface area contributed by atoms with Gasteiger partial charge in [-0.2, -0.15) is 0 Å². The van der Waals surface area contributed by atoms with Crippen LogP contribution in [-0.2, 0) is 24.2 Å². The Labute approximate surface area is 176 Å². The molecule has 0 saturated heterocycles. The lowest BCUT2D eigenvalue weighted by Crippen LogP contribution is -2.26. The lowest BCUT2D eigenvalue weighted by atomic mass is 10.0. The van der Waals surface area contributed by atoms with Crippen molar-refractivity contribution in [1.29, 1.82) is 0 Å². The summed E-state index contributed by atoms with van der Waals surface area (Å²) < 4.78 is 11.6. The van der Waals surface area contributed by atoms with Crippen molar-refractivity contribution in [3.05, 3.63) is 76.5 Å². The van der Waals surface area contributed by atoms with E-state index in [9.17, 15) is 4.79 Å². The van der Waals surface area contributed by atoms with E-state index in [-0.39, 0.29) is 6.61 Å². The van der Waals surface area contributed by atoms with Crippen LogP contribution in [0.4, 0.5) is 0 Å². The predicted octanol–water partition coefficient (Wildman–Crippen LogP) is 4.63. The summed E-state index contributed by atoms with van der Waals surface area (Å²) >= 11 is 0. The van der Waals surface area contributed by atoms with Gasteiger partial charge in [0.2, 0.25) is 0 Å². The number of aliphatic carboxylic acids is 1. The van der Waals surface area contributed by atoms with E-state index in [1.54, 1.807) is 0 Å². The van der Waals surface area contributed by atoms with Crippen LogP contribution in [0, 0.1) is 13.8 Å².